The van der Waals surface area contributed by atoms with Crippen LogP contribution in [0.3, 0.4) is 0 Å². The quantitative estimate of drug-likeness (QED) is 0.799. The Morgan fingerprint density at radius 3 is 2.56 bits per heavy atom. The van der Waals surface area contributed by atoms with Crippen LogP contribution in [0.25, 0.3) is 0 Å². The highest BCUT2D eigenvalue weighted by Gasteiger charge is 2.06. The zero-order valence-electron chi connectivity index (χ0n) is 10.6. The number of nitrogens with zero attached hydrogens (tertiary/aromatic N) is 2. The molecule has 0 amide bonds. The number of hydrogen-bond acceptors (Lipinski definition) is 4. The summed E-state index contributed by atoms with van der Waals surface area (Å²) >= 11 is 0. The van der Waals surface area contributed by atoms with Gasteiger partial charge in [-0.05, 0) is 31.4 Å². The molecule has 16 heavy (non-hydrogen) atoms. The monoisotopic (exact) mass is 222 g/mol. The van der Waals surface area contributed by atoms with Crippen LogP contribution in [0.15, 0.2) is 6.07 Å². The Morgan fingerprint density at radius 1 is 1.31 bits per heavy atom. The summed E-state index contributed by atoms with van der Waals surface area (Å²) in [5.74, 6) is 1.57. The summed E-state index contributed by atoms with van der Waals surface area (Å²) in [6.45, 7) is 9.85. The van der Waals surface area contributed by atoms with Crippen LogP contribution < -0.4 is 11.1 Å². The molecule has 0 aromatic carbocycles. The van der Waals surface area contributed by atoms with E-state index in [1.165, 1.54) is 0 Å². The lowest BCUT2D eigenvalue weighted by atomic mass is 10.1. The Balaban J connectivity index is 2.72. The van der Waals surface area contributed by atoms with Crippen molar-refractivity contribution < 1.29 is 0 Å². The second kappa shape index (κ2) is 5.80. The Morgan fingerprint density at radius 2 is 2.00 bits per heavy atom. The minimum Gasteiger partial charge on any atom is -0.354 e. The number of nitrogens with one attached hydrogen (secondary N) is 1. The van der Waals surface area contributed by atoms with Gasteiger partial charge in [0.05, 0.1) is 0 Å². The average molecular weight is 222 g/mol. The smallest absolute Gasteiger partial charge is 0.223 e. The highest BCUT2D eigenvalue weighted by molar-refractivity contribution is 5.29. The fraction of sp³-hybridized carbons (Fsp3) is 0.667. The number of anilines is 1. The molecule has 1 unspecified atom stereocenters. The zero-order chi connectivity index (χ0) is 12.1. The molecule has 4 heteroatoms. The molecule has 0 aliphatic carbocycles. The van der Waals surface area contributed by atoms with Gasteiger partial charge in [-0.25, -0.2) is 9.97 Å². The summed E-state index contributed by atoms with van der Waals surface area (Å²) in [7, 11) is 0. The van der Waals surface area contributed by atoms with Crippen LogP contribution in [0.5, 0.6) is 0 Å². The fourth-order valence-corrected chi connectivity index (χ4v) is 1.32. The molecule has 4 nitrogen and oxygen atoms in total. The summed E-state index contributed by atoms with van der Waals surface area (Å²) in [5, 5.41) is 3.23. The molecule has 3 N–H and O–H groups in total. The van der Waals surface area contributed by atoms with Gasteiger partial charge in [0.25, 0.3) is 0 Å². The van der Waals surface area contributed by atoms with Crippen molar-refractivity contribution in [1.29, 1.82) is 0 Å². The molecule has 1 heterocycles. The number of hydrogen-bond donors (Lipinski definition) is 2. The summed E-state index contributed by atoms with van der Waals surface area (Å²) in [6, 6.07) is 2.03. The molecule has 90 valence electrons. The maximum Gasteiger partial charge on any atom is 0.223 e. The standard InChI is InChI=1S/C12H22N4/c1-8(2)11-5-10(4)15-12(16-11)14-7-9(3)6-13/h5,8-9H,6-7,13H2,1-4H3,(H,14,15,16). The molecule has 1 atom stereocenters. The summed E-state index contributed by atoms with van der Waals surface area (Å²) in [4.78, 5) is 8.84. The number of aryl methyl sites for hydroxylation is 1. The highest BCUT2D eigenvalue weighted by Crippen LogP contribution is 2.14. The van der Waals surface area contributed by atoms with Crippen molar-refractivity contribution >= 4 is 5.95 Å². The maximum atomic E-state index is 5.56. The number of aromatic nitrogens is 2. The van der Waals surface area contributed by atoms with E-state index in [-0.39, 0.29) is 0 Å². The van der Waals surface area contributed by atoms with Crippen molar-refractivity contribution in [2.45, 2.75) is 33.6 Å². The maximum absolute atomic E-state index is 5.56. The Bertz CT molecular complexity index is 336. The minimum atomic E-state index is 0.425. The van der Waals surface area contributed by atoms with Gasteiger partial charge in [-0.15, -0.1) is 0 Å². The summed E-state index contributed by atoms with van der Waals surface area (Å²) < 4.78 is 0. The van der Waals surface area contributed by atoms with Crippen LogP contribution >= 0.6 is 0 Å². The van der Waals surface area contributed by atoms with Crippen molar-refractivity contribution in [2.75, 3.05) is 18.4 Å². The van der Waals surface area contributed by atoms with E-state index >= 15 is 0 Å². The first-order chi connectivity index (χ1) is 7.52. The van der Waals surface area contributed by atoms with Gasteiger partial charge < -0.3 is 11.1 Å². The van der Waals surface area contributed by atoms with E-state index in [1.54, 1.807) is 0 Å². The van der Waals surface area contributed by atoms with Gasteiger partial charge in [-0.3, -0.25) is 0 Å². The zero-order valence-corrected chi connectivity index (χ0v) is 10.6. The topological polar surface area (TPSA) is 63.8 Å². The van der Waals surface area contributed by atoms with Crippen LogP contribution in [0.2, 0.25) is 0 Å². The molecule has 0 saturated carbocycles. The Kier molecular flexibility index (Phi) is 4.68. The van der Waals surface area contributed by atoms with E-state index in [0.717, 1.165) is 17.9 Å². The van der Waals surface area contributed by atoms with E-state index in [0.29, 0.717) is 24.3 Å². The Hall–Kier alpha value is -1.16. The lowest BCUT2D eigenvalue weighted by Gasteiger charge is -2.12. The van der Waals surface area contributed by atoms with E-state index in [2.05, 4.69) is 36.1 Å². The van der Waals surface area contributed by atoms with Crippen molar-refractivity contribution in [3.8, 4) is 0 Å². The molecule has 0 fully saturated rings. The highest BCUT2D eigenvalue weighted by atomic mass is 15.1. The summed E-state index contributed by atoms with van der Waals surface area (Å²) in [6.07, 6.45) is 0. The van der Waals surface area contributed by atoms with Crippen molar-refractivity contribution in [2.24, 2.45) is 11.7 Å². The second-order valence-corrected chi connectivity index (χ2v) is 4.63. The third-order valence-electron chi connectivity index (χ3n) is 2.48. The van der Waals surface area contributed by atoms with Crippen LogP contribution in [-0.2, 0) is 0 Å². The molecule has 0 saturated heterocycles. The predicted octanol–water partition coefficient (Wildman–Crippen LogP) is 1.92. The number of nitrogens with two attached hydrogens (primary N) is 1. The first-order valence-electron chi connectivity index (χ1n) is 5.82. The van der Waals surface area contributed by atoms with Crippen LogP contribution in [0, 0.1) is 12.8 Å². The van der Waals surface area contributed by atoms with Gasteiger partial charge >= 0.3 is 0 Å². The minimum absolute atomic E-state index is 0.425. The van der Waals surface area contributed by atoms with Gasteiger partial charge in [-0.2, -0.15) is 0 Å². The van der Waals surface area contributed by atoms with Gasteiger partial charge in [0.1, 0.15) is 0 Å². The molecule has 0 bridgehead atoms. The van der Waals surface area contributed by atoms with Crippen molar-refractivity contribution in [3.63, 3.8) is 0 Å². The van der Waals surface area contributed by atoms with Gasteiger partial charge in [0.15, 0.2) is 0 Å². The molecule has 1 aromatic heterocycles. The molecule has 0 spiro atoms. The Labute approximate surface area is 97.7 Å². The predicted molar refractivity (Wildman–Crippen MR) is 67.6 cm³/mol. The third-order valence-corrected chi connectivity index (χ3v) is 2.48. The first kappa shape index (κ1) is 12.9. The molecule has 0 radical (unpaired) electrons. The normalized spacial score (nSPS) is 12.9. The van der Waals surface area contributed by atoms with Crippen LogP contribution in [-0.4, -0.2) is 23.1 Å². The van der Waals surface area contributed by atoms with Crippen molar-refractivity contribution in [3.05, 3.63) is 17.5 Å². The SMILES string of the molecule is Cc1cc(C(C)C)nc(NCC(C)CN)n1. The van der Waals surface area contributed by atoms with E-state index in [4.69, 9.17) is 5.73 Å². The second-order valence-electron chi connectivity index (χ2n) is 4.63. The van der Waals surface area contributed by atoms with Crippen LogP contribution in [0.4, 0.5) is 5.95 Å². The van der Waals surface area contributed by atoms with Gasteiger partial charge in [-0.1, -0.05) is 20.8 Å². The molecular formula is C12H22N4. The van der Waals surface area contributed by atoms with E-state index in [9.17, 15) is 0 Å². The molecule has 0 aliphatic heterocycles. The molecule has 0 aliphatic rings. The van der Waals surface area contributed by atoms with Crippen molar-refractivity contribution in [1.82, 2.24) is 9.97 Å². The summed E-state index contributed by atoms with van der Waals surface area (Å²) in [5.41, 5.74) is 7.64. The molecule has 1 rings (SSSR count). The molecular weight excluding hydrogens is 200 g/mol. The lowest BCUT2D eigenvalue weighted by molar-refractivity contribution is 0.624. The van der Waals surface area contributed by atoms with Crippen LogP contribution in [0.1, 0.15) is 38.1 Å². The first-order valence-corrected chi connectivity index (χ1v) is 5.82. The lowest BCUT2D eigenvalue weighted by Crippen LogP contribution is -2.21. The van der Waals surface area contributed by atoms with E-state index < -0.39 is 0 Å². The average Bonchev–Trinajstić information content (AvgIpc) is 2.25. The van der Waals surface area contributed by atoms with Gasteiger partial charge in [0.2, 0.25) is 5.95 Å². The fourth-order valence-electron chi connectivity index (χ4n) is 1.32. The van der Waals surface area contributed by atoms with Gasteiger partial charge in [0, 0.05) is 17.9 Å². The third kappa shape index (κ3) is 3.77. The van der Waals surface area contributed by atoms with E-state index in [1.807, 2.05) is 13.0 Å². The number of rotatable bonds is 5. The largest absolute Gasteiger partial charge is 0.354 e. The molecule has 1 aromatic rings.